The fraction of sp³-hybridized carbons (Fsp3) is 0.0714. The van der Waals surface area contributed by atoms with E-state index in [1.54, 1.807) is 36.4 Å². The Morgan fingerprint density at radius 2 is 1.67 bits per heavy atom. The molecule has 2 rings (SSSR count). The van der Waals surface area contributed by atoms with E-state index in [-0.39, 0.29) is 12.4 Å². The molecule has 2 aromatic rings. The normalized spacial score (nSPS) is 10.1. The number of carbonyl (C=O) groups excluding carboxylic acids is 1. The van der Waals surface area contributed by atoms with Crippen molar-refractivity contribution in [1.29, 1.82) is 0 Å². The molecule has 0 saturated heterocycles. The predicted molar refractivity (Wildman–Crippen MR) is 80.4 cm³/mol. The topological polar surface area (TPSA) is 26.3 Å². The third-order valence-corrected chi connectivity index (χ3v) is 3.32. The molecule has 92 valence electrons. The number of ether oxygens (including phenoxy) is 1. The second-order valence-corrected chi connectivity index (χ2v) is 5.35. The molecule has 0 aliphatic rings. The van der Waals surface area contributed by atoms with E-state index in [4.69, 9.17) is 16.3 Å². The van der Waals surface area contributed by atoms with E-state index >= 15 is 0 Å². The second-order valence-electron chi connectivity index (χ2n) is 3.67. The molecule has 0 unspecified atom stereocenters. The standard InChI is InChI=1S/C14H10ClIO2/c15-11-3-7-13(8-4-11)18-9-14(17)10-1-5-12(16)6-2-10/h1-8H,9H2. The molecule has 2 aromatic carbocycles. The number of halogens is 2. The van der Waals surface area contributed by atoms with Crippen LogP contribution in [-0.4, -0.2) is 12.4 Å². The fourth-order valence-corrected chi connectivity index (χ4v) is 1.88. The largest absolute Gasteiger partial charge is 0.485 e. The lowest BCUT2D eigenvalue weighted by Gasteiger charge is -2.05. The Morgan fingerprint density at radius 3 is 2.28 bits per heavy atom. The average molecular weight is 373 g/mol. The van der Waals surface area contributed by atoms with E-state index in [0.29, 0.717) is 16.3 Å². The van der Waals surface area contributed by atoms with Crippen LogP contribution in [0.1, 0.15) is 10.4 Å². The highest BCUT2D eigenvalue weighted by Gasteiger charge is 2.06. The van der Waals surface area contributed by atoms with Gasteiger partial charge in [-0.15, -0.1) is 0 Å². The van der Waals surface area contributed by atoms with Crippen molar-refractivity contribution in [2.45, 2.75) is 0 Å². The van der Waals surface area contributed by atoms with Gasteiger partial charge in [0.25, 0.3) is 0 Å². The van der Waals surface area contributed by atoms with Gasteiger partial charge in [0, 0.05) is 14.2 Å². The van der Waals surface area contributed by atoms with Crippen LogP contribution in [0.25, 0.3) is 0 Å². The number of benzene rings is 2. The van der Waals surface area contributed by atoms with Crippen LogP contribution in [-0.2, 0) is 0 Å². The molecule has 0 radical (unpaired) electrons. The van der Waals surface area contributed by atoms with Crippen molar-refractivity contribution in [3.8, 4) is 5.75 Å². The van der Waals surface area contributed by atoms with Crippen LogP contribution in [0.3, 0.4) is 0 Å². The summed E-state index contributed by atoms with van der Waals surface area (Å²) < 4.78 is 6.50. The van der Waals surface area contributed by atoms with Crippen molar-refractivity contribution < 1.29 is 9.53 Å². The summed E-state index contributed by atoms with van der Waals surface area (Å²) in [6.07, 6.45) is 0. The molecule has 0 aliphatic heterocycles. The van der Waals surface area contributed by atoms with Gasteiger partial charge >= 0.3 is 0 Å². The summed E-state index contributed by atoms with van der Waals surface area (Å²) in [6, 6.07) is 14.3. The second kappa shape index (κ2) is 6.20. The number of Topliss-reactive ketones (excluding diaryl/α,β-unsaturated/α-hetero) is 1. The predicted octanol–water partition coefficient (Wildman–Crippen LogP) is 4.21. The van der Waals surface area contributed by atoms with Gasteiger partial charge in [0.15, 0.2) is 12.4 Å². The number of hydrogen-bond donors (Lipinski definition) is 0. The lowest BCUT2D eigenvalue weighted by Crippen LogP contribution is -2.11. The van der Waals surface area contributed by atoms with Crippen LogP contribution >= 0.6 is 34.2 Å². The highest BCUT2D eigenvalue weighted by atomic mass is 127. The molecule has 0 aromatic heterocycles. The monoisotopic (exact) mass is 372 g/mol. The first-order chi connectivity index (χ1) is 8.65. The third kappa shape index (κ3) is 3.71. The SMILES string of the molecule is O=C(COc1ccc(Cl)cc1)c1ccc(I)cc1. The first kappa shape index (κ1) is 13.4. The summed E-state index contributed by atoms with van der Waals surface area (Å²) >= 11 is 7.96. The van der Waals surface area contributed by atoms with E-state index in [1.807, 2.05) is 12.1 Å². The summed E-state index contributed by atoms with van der Waals surface area (Å²) in [5.74, 6) is 0.597. The Hall–Kier alpha value is -1.07. The lowest BCUT2D eigenvalue weighted by atomic mass is 10.1. The van der Waals surface area contributed by atoms with E-state index in [0.717, 1.165) is 3.57 Å². The van der Waals surface area contributed by atoms with Crippen molar-refractivity contribution >= 4 is 40.0 Å². The molecule has 0 spiro atoms. The third-order valence-electron chi connectivity index (χ3n) is 2.35. The van der Waals surface area contributed by atoms with Gasteiger partial charge in [0.05, 0.1) is 0 Å². The van der Waals surface area contributed by atoms with Crippen LogP contribution in [0, 0.1) is 3.57 Å². The van der Waals surface area contributed by atoms with Gasteiger partial charge < -0.3 is 4.74 Å². The Labute approximate surface area is 124 Å². The molecule has 0 fully saturated rings. The van der Waals surface area contributed by atoms with Crippen LogP contribution in [0.15, 0.2) is 48.5 Å². The van der Waals surface area contributed by atoms with Gasteiger partial charge in [-0.05, 0) is 59.0 Å². The molecule has 0 saturated carbocycles. The maximum atomic E-state index is 11.8. The Kier molecular flexibility index (Phi) is 4.60. The Bertz CT molecular complexity index is 535. The Balaban J connectivity index is 1.96. The maximum absolute atomic E-state index is 11.8. The van der Waals surface area contributed by atoms with E-state index in [1.165, 1.54) is 0 Å². The number of hydrogen-bond acceptors (Lipinski definition) is 2. The van der Waals surface area contributed by atoms with Crippen LogP contribution < -0.4 is 4.74 Å². The molecule has 0 aliphatic carbocycles. The minimum Gasteiger partial charge on any atom is -0.485 e. The summed E-state index contributed by atoms with van der Waals surface area (Å²) in [5, 5.41) is 0.645. The first-order valence-electron chi connectivity index (χ1n) is 5.32. The fourth-order valence-electron chi connectivity index (χ4n) is 1.40. The average Bonchev–Trinajstić information content (AvgIpc) is 2.38. The van der Waals surface area contributed by atoms with Gasteiger partial charge in [-0.2, -0.15) is 0 Å². The maximum Gasteiger partial charge on any atom is 0.200 e. The molecule has 4 heteroatoms. The first-order valence-corrected chi connectivity index (χ1v) is 6.78. The van der Waals surface area contributed by atoms with E-state index < -0.39 is 0 Å². The van der Waals surface area contributed by atoms with Crippen molar-refractivity contribution in [3.63, 3.8) is 0 Å². The van der Waals surface area contributed by atoms with Crippen molar-refractivity contribution in [2.24, 2.45) is 0 Å². The summed E-state index contributed by atoms with van der Waals surface area (Å²) in [4.78, 5) is 11.8. The van der Waals surface area contributed by atoms with Crippen molar-refractivity contribution in [1.82, 2.24) is 0 Å². The molecule has 0 bridgehead atoms. The summed E-state index contributed by atoms with van der Waals surface area (Å²) in [5.41, 5.74) is 0.657. The quantitative estimate of drug-likeness (QED) is 0.594. The number of ketones is 1. The van der Waals surface area contributed by atoms with Crippen LogP contribution in [0.5, 0.6) is 5.75 Å². The lowest BCUT2D eigenvalue weighted by molar-refractivity contribution is 0.0921. The van der Waals surface area contributed by atoms with Gasteiger partial charge in [0.2, 0.25) is 0 Å². The van der Waals surface area contributed by atoms with Gasteiger partial charge in [-0.3, -0.25) is 4.79 Å². The van der Waals surface area contributed by atoms with Crippen LogP contribution in [0.4, 0.5) is 0 Å². The summed E-state index contributed by atoms with van der Waals surface area (Å²) in [6.45, 7) is 0.0300. The molecule has 0 N–H and O–H groups in total. The van der Waals surface area contributed by atoms with Crippen molar-refractivity contribution in [3.05, 3.63) is 62.7 Å². The van der Waals surface area contributed by atoms with E-state index in [2.05, 4.69) is 22.6 Å². The zero-order chi connectivity index (χ0) is 13.0. The molecule has 18 heavy (non-hydrogen) atoms. The molecule has 0 amide bonds. The highest BCUT2D eigenvalue weighted by molar-refractivity contribution is 14.1. The zero-order valence-electron chi connectivity index (χ0n) is 9.40. The van der Waals surface area contributed by atoms with E-state index in [9.17, 15) is 4.79 Å². The van der Waals surface area contributed by atoms with Crippen LogP contribution in [0.2, 0.25) is 5.02 Å². The Morgan fingerprint density at radius 1 is 1.06 bits per heavy atom. The van der Waals surface area contributed by atoms with Gasteiger partial charge in [0.1, 0.15) is 5.75 Å². The molecular formula is C14H10ClIO2. The smallest absolute Gasteiger partial charge is 0.200 e. The van der Waals surface area contributed by atoms with Gasteiger partial charge in [-0.1, -0.05) is 23.7 Å². The number of rotatable bonds is 4. The molecule has 2 nitrogen and oxygen atoms in total. The zero-order valence-corrected chi connectivity index (χ0v) is 12.3. The molecular weight excluding hydrogens is 363 g/mol. The number of carbonyl (C=O) groups is 1. The minimum absolute atomic E-state index is 0.0300. The summed E-state index contributed by atoms with van der Waals surface area (Å²) in [7, 11) is 0. The van der Waals surface area contributed by atoms with Gasteiger partial charge in [-0.25, -0.2) is 0 Å². The minimum atomic E-state index is -0.0404. The molecule has 0 atom stereocenters. The highest BCUT2D eigenvalue weighted by Crippen LogP contribution is 2.16. The molecule has 0 heterocycles. The van der Waals surface area contributed by atoms with Crippen molar-refractivity contribution in [2.75, 3.05) is 6.61 Å².